The van der Waals surface area contributed by atoms with Gasteiger partial charge in [0.15, 0.2) is 0 Å². The van der Waals surface area contributed by atoms with E-state index in [1.165, 1.54) is 0 Å². The van der Waals surface area contributed by atoms with Crippen molar-refractivity contribution in [3.63, 3.8) is 0 Å². The molecule has 3 atom stereocenters. The Morgan fingerprint density at radius 3 is 2.60 bits per heavy atom. The average molecular weight is 235 g/mol. The summed E-state index contributed by atoms with van der Waals surface area (Å²) < 4.78 is 4.79. The number of carbonyl (C=O) groups excluding carboxylic acids is 1. The second-order valence-corrected chi connectivity index (χ2v) is 4.95. The van der Waals surface area contributed by atoms with Crippen LogP contribution in [0.3, 0.4) is 0 Å². The minimum Gasteiger partial charge on any atom is -0.465 e. The molecule has 90 valence electrons. The Labute approximate surface area is 95.6 Å². The number of hydrogen-bond acceptors (Lipinski definition) is 5. The Morgan fingerprint density at radius 1 is 1.53 bits per heavy atom. The Hall–Kier alpha value is -0.260. The van der Waals surface area contributed by atoms with E-state index in [1.54, 1.807) is 25.6 Å². The van der Waals surface area contributed by atoms with Gasteiger partial charge < -0.3 is 15.6 Å². The average Bonchev–Trinajstić information content (AvgIpc) is 2.17. The van der Waals surface area contributed by atoms with Crippen molar-refractivity contribution in [2.75, 3.05) is 12.4 Å². The smallest absolute Gasteiger partial charge is 0.322 e. The number of nitrogens with two attached hydrogens (primary N) is 1. The first-order valence-corrected chi connectivity index (χ1v) is 6.25. The topological polar surface area (TPSA) is 72.5 Å². The van der Waals surface area contributed by atoms with Crippen molar-refractivity contribution in [2.45, 2.75) is 44.6 Å². The summed E-state index contributed by atoms with van der Waals surface area (Å²) in [6, 6.07) is -0.543. The first-order valence-electron chi connectivity index (χ1n) is 5.20. The van der Waals surface area contributed by atoms with Crippen LogP contribution in [0.15, 0.2) is 0 Å². The quantitative estimate of drug-likeness (QED) is 0.638. The summed E-state index contributed by atoms with van der Waals surface area (Å²) in [7, 11) is 0. The number of thioether (sulfide) groups is 1. The first kappa shape index (κ1) is 14.7. The maximum Gasteiger partial charge on any atom is 0.322 e. The van der Waals surface area contributed by atoms with Crippen LogP contribution in [0.4, 0.5) is 0 Å². The van der Waals surface area contributed by atoms with Crippen molar-refractivity contribution in [3.8, 4) is 0 Å². The van der Waals surface area contributed by atoms with Gasteiger partial charge in [0.25, 0.3) is 0 Å². The first-order chi connectivity index (χ1) is 6.99. The van der Waals surface area contributed by atoms with Gasteiger partial charge in [-0.1, -0.05) is 6.92 Å². The SMILES string of the molecule is CCOC(=O)C(N)CCSC(C)C(C)O. The van der Waals surface area contributed by atoms with Gasteiger partial charge in [0, 0.05) is 5.25 Å². The molecule has 3 N–H and O–H groups in total. The molecule has 0 aromatic rings. The second-order valence-electron chi connectivity index (χ2n) is 3.46. The Morgan fingerprint density at radius 2 is 2.13 bits per heavy atom. The molecule has 0 bridgehead atoms. The molecule has 0 aliphatic carbocycles. The molecule has 3 unspecified atom stereocenters. The fourth-order valence-corrected chi connectivity index (χ4v) is 1.93. The summed E-state index contributed by atoms with van der Waals surface area (Å²) in [5, 5.41) is 9.40. The molecular weight excluding hydrogens is 214 g/mol. The maximum absolute atomic E-state index is 11.1. The van der Waals surface area contributed by atoms with Gasteiger partial charge in [-0.15, -0.1) is 0 Å². The lowest BCUT2D eigenvalue weighted by Gasteiger charge is -2.15. The molecule has 15 heavy (non-hydrogen) atoms. The summed E-state index contributed by atoms with van der Waals surface area (Å²) in [5.41, 5.74) is 5.62. The highest BCUT2D eigenvalue weighted by molar-refractivity contribution is 7.99. The van der Waals surface area contributed by atoms with Crippen LogP contribution in [-0.4, -0.2) is 40.8 Å². The number of aliphatic hydroxyl groups is 1. The highest BCUT2D eigenvalue weighted by atomic mass is 32.2. The molecule has 0 radical (unpaired) electrons. The van der Waals surface area contributed by atoms with Crippen LogP contribution in [0.5, 0.6) is 0 Å². The Kier molecular flexibility index (Phi) is 7.82. The zero-order valence-electron chi connectivity index (χ0n) is 9.60. The molecule has 0 aromatic heterocycles. The molecule has 4 nitrogen and oxygen atoms in total. The van der Waals surface area contributed by atoms with Gasteiger partial charge >= 0.3 is 5.97 Å². The van der Waals surface area contributed by atoms with Gasteiger partial charge in [-0.05, 0) is 26.0 Å². The van der Waals surface area contributed by atoms with Crippen molar-refractivity contribution in [2.24, 2.45) is 5.73 Å². The standard InChI is InChI=1S/C10H21NO3S/c1-4-14-10(13)9(11)5-6-15-8(3)7(2)12/h7-9,12H,4-6,11H2,1-3H3. The molecule has 0 saturated carbocycles. The molecular formula is C10H21NO3S. The number of ether oxygens (including phenoxy) is 1. The number of hydrogen-bond donors (Lipinski definition) is 2. The lowest BCUT2D eigenvalue weighted by atomic mass is 10.2. The molecule has 0 aliphatic heterocycles. The van der Waals surface area contributed by atoms with Gasteiger partial charge in [-0.2, -0.15) is 11.8 Å². The molecule has 0 aliphatic rings. The van der Waals surface area contributed by atoms with E-state index in [1.807, 2.05) is 6.92 Å². The summed E-state index contributed by atoms with van der Waals surface area (Å²) >= 11 is 1.61. The van der Waals surface area contributed by atoms with E-state index in [9.17, 15) is 9.90 Å². The van der Waals surface area contributed by atoms with E-state index < -0.39 is 6.04 Å². The molecule has 0 rings (SSSR count). The minimum absolute atomic E-state index is 0.166. The monoisotopic (exact) mass is 235 g/mol. The van der Waals surface area contributed by atoms with E-state index in [-0.39, 0.29) is 17.3 Å². The van der Waals surface area contributed by atoms with Crippen LogP contribution in [0, 0.1) is 0 Å². The zero-order chi connectivity index (χ0) is 11.8. The Bertz CT molecular complexity index is 188. The molecule has 0 fully saturated rings. The highest BCUT2D eigenvalue weighted by Gasteiger charge is 2.15. The van der Waals surface area contributed by atoms with Gasteiger partial charge in [0.05, 0.1) is 12.7 Å². The number of carbonyl (C=O) groups is 1. The van der Waals surface area contributed by atoms with Gasteiger partial charge in [0.1, 0.15) is 6.04 Å². The van der Waals surface area contributed by atoms with Gasteiger partial charge in [-0.3, -0.25) is 4.79 Å². The zero-order valence-corrected chi connectivity index (χ0v) is 10.4. The Balaban J connectivity index is 3.63. The van der Waals surface area contributed by atoms with E-state index in [0.29, 0.717) is 13.0 Å². The fourth-order valence-electron chi connectivity index (χ4n) is 0.887. The molecule has 0 spiro atoms. The summed E-state index contributed by atoms with van der Waals surface area (Å²) in [4.78, 5) is 11.1. The lowest BCUT2D eigenvalue weighted by molar-refractivity contribution is -0.144. The van der Waals surface area contributed by atoms with Crippen LogP contribution >= 0.6 is 11.8 Å². The van der Waals surface area contributed by atoms with Gasteiger partial charge in [-0.25, -0.2) is 0 Å². The van der Waals surface area contributed by atoms with Crippen LogP contribution < -0.4 is 5.73 Å². The third-order valence-electron chi connectivity index (χ3n) is 2.08. The van der Waals surface area contributed by atoms with Crippen LogP contribution in [0.2, 0.25) is 0 Å². The second kappa shape index (κ2) is 7.96. The predicted molar refractivity (Wildman–Crippen MR) is 62.8 cm³/mol. The third-order valence-corrected chi connectivity index (χ3v) is 3.47. The normalized spacial score (nSPS) is 16.9. The molecule has 0 amide bonds. The van der Waals surface area contributed by atoms with Crippen molar-refractivity contribution < 1.29 is 14.6 Å². The van der Waals surface area contributed by atoms with Crippen molar-refractivity contribution >= 4 is 17.7 Å². The summed E-state index contributed by atoms with van der Waals surface area (Å²) in [5.74, 6) is 0.411. The van der Waals surface area contributed by atoms with E-state index in [0.717, 1.165) is 5.75 Å². The highest BCUT2D eigenvalue weighted by Crippen LogP contribution is 2.15. The fraction of sp³-hybridized carbons (Fsp3) is 0.900. The van der Waals surface area contributed by atoms with E-state index >= 15 is 0 Å². The van der Waals surface area contributed by atoms with Crippen LogP contribution in [-0.2, 0) is 9.53 Å². The van der Waals surface area contributed by atoms with Crippen molar-refractivity contribution in [3.05, 3.63) is 0 Å². The number of rotatable bonds is 7. The maximum atomic E-state index is 11.1. The summed E-state index contributed by atoms with van der Waals surface area (Å²) in [6.07, 6.45) is 0.245. The molecule has 5 heteroatoms. The van der Waals surface area contributed by atoms with Crippen molar-refractivity contribution in [1.82, 2.24) is 0 Å². The van der Waals surface area contributed by atoms with Gasteiger partial charge in [0.2, 0.25) is 0 Å². The molecule has 0 aromatic carbocycles. The van der Waals surface area contributed by atoms with Crippen molar-refractivity contribution in [1.29, 1.82) is 0 Å². The van der Waals surface area contributed by atoms with E-state index in [2.05, 4.69) is 0 Å². The van der Waals surface area contributed by atoms with Crippen LogP contribution in [0.25, 0.3) is 0 Å². The van der Waals surface area contributed by atoms with E-state index in [4.69, 9.17) is 10.5 Å². The number of aliphatic hydroxyl groups excluding tert-OH is 1. The lowest BCUT2D eigenvalue weighted by Crippen LogP contribution is -2.33. The predicted octanol–water partition coefficient (Wildman–Crippen LogP) is 0.769. The number of esters is 1. The molecule has 0 heterocycles. The third kappa shape index (κ3) is 6.76. The minimum atomic E-state index is -0.543. The summed E-state index contributed by atoms with van der Waals surface area (Å²) in [6.45, 7) is 5.83. The molecule has 0 saturated heterocycles. The van der Waals surface area contributed by atoms with Crippen LogP contribution in [0.1, 0.15) is 27.2 Å². The largest absolute Gasteiger partial charge is 0.465 e.